The molecule has 0 atom stereocenters. The van der Waals surface area contributed by atoms with E-state index in [1.54, 1.807) is 11.3 Å². The van der Waals surface area contributed by atoms with Gasteiger partial charge in [0.25, 0.3) is 0 Å². The summed E-state index contributed by atoms with van der Waals surface area (Å²) in [5, 5.41) is 6.77. The number of rotatable bonds is 6. The number of thiazole rings is 1. The first-order chi connectivity index (χ1) is 10.8. The van der Waals surface area contributed by atoms with Gasteiger partial charge in [-0.1, -0.05) is 29.8 Å². The normalized spacial score (nSPS) is 10.8. The molecule has 3 aromatic rings. The fourth-order valence-corrected chi connectivity index (χ4v) is 3.02. The Kier molecular flexibility index (Phi) is 4.93. The number of hydrogen-bond acceptors (Lipinski definition) is 4. The zero-order valence-electron chi connectivity index (χ0n) is 12.6. The molecule has 2 aromatic heterocycles. The lowest BCUT2D eigenvalue weighted by Crippen LogP contribution is -2.16. The molecule has 0 saturated heterocycles. The van der Waals surface area contributed by atoms with Gasteiger partial charge in [-0.3, -0.25) is 4.98 Å². The van der Waals surface area contributed by atoms with E-state index in [0.717, 1.165) is 25.2 Å². The molecule has 0 aliphatic carbocycles. The average molecular weight is 309 g/mol. The SMILES string of the molecule is Cc1ccc(-c2csc(CCNCc3ccncc3)n2)cc1. The van der Waals surface area contributed by atoms with Crippen molar-refractivity contribution >= 4 is 11.3 Å². The molecule has 4 heteroatoms. The minimum absolute atomic E-state index is 0.874. The molecule has 0 saturated carbocycles. The maximum Gasteiger partial charge on any atom is 0.0945 e. The lowest BCUT2D eigenvalue weighted by molar-refractivity contribution is 0.685. The van der Waals surface area contributed by atoms with Gasteiger partial charge in [-0.05, 0) is 24.6 Å². The van der Waals surface area contributed by atoms with E-state index < -0.39 is 0 Å². The smallest absolute Gasteiger partial charge is 0.0945 e. The van der Waals surface area contributed by atoms with Crippen LogP contribution < -0.4 is 5.32 Å². The Hall–Kier alpha value is -2.04. The molecule has 0 aliphatic heterocycles. The van der Waals surface area contributed by atoms with E-state index in [1.807, 2.05) is 24.5 Å². The molecule has 0 bridgehead atoms. The van der Waals surface area contributed by atoms with Crippen LogP contribution in [0.1, 0.15) is 16.1 Å². The highest BCUT2D eigenvalue weighted by Gasteiger charge is 2.04. The molecule has 112 valence electrons. The molecular weight excluding hydrogens is 290 g/mol. The number of hydrogen-bond donors (Lipinski definition) is 1. The number of benzene rings is 1. The van der Waals surface area contributed by atoms with E-state index in [0.29, 0.717) is 0 Å². The van der Waals surface area contributed by atoms with Gasteiger partial charge >= 0.3 is 0 Å². The Morgan fingerprint density at radius 1 is 1.05 bits per heavy atom. The predicted molar refractivity (Wildman–Crippen MR) is 91.9 cm³/mol. The highest BCUT2D eigenvalue weighted by Crippen LogP contribution is 2.22. The van der Waals surface area contributed by atoms with Gasteiger partial charge in [0, 0.05) is 42.8 Å². The van der Waals surface area contributed by atoms with E-state index in [1.165, 1.54) is 21.7 Å². The van der Waals surface area contributed by atoms with Crippen molar-refractivity contribution in [3.63, 3.8) is 0 Å². The van der Waals surface area contributed by atoms with Gasteiger partial charge in [-0.25, -0.2) is 4.98 Å². The van der Waals surface area contributed by atoms with Crippen LogP contribution in [0.25, 0.3) is 11.3 Å². The molecule has 3 nitrogen and oxygen atoms in total. The summed E-state index contributed by atoms with van der Waals surface area (Å²) in [4.78, 5) is 8.75. The highest BCUT2D eigenvalue weighted by molar-refractivity contribution is 7.09. The summed E-state index contributed by atoms with van der Waals surface area (Å²) < 4.78 is 0. The van der Waals surface area contributed by atoms with E-state index in [2.05, 4.69) is 46.9 Å². The summed E-state index contributed by atoms with van der Waals surface area (Å²) in [6.45, 7) is 3.91. The van der Waals surface area contributed by atoms with Crippen molar-refractivity contribution in [3.8, 4) is 11.3 Å². The molecule has 0 unspecified atom stereocenters. The first kappa shape index (κ1) is 14.9. The van der Waals surface area contributed by atoms with E-state index in [4.69, 9.17) is 4.98 Å². The molecule has 2 heterocycles. The van der Waals surface area contributed by atoms with Crippen molar-refractivity contribution in [1.29, 1.82) is 0 Å². The lowest BCUT2D eigenvalue weighted by Gasteiger charge is -2.03. The van der Waals surface area contributed by atoms with Crippen LogP contribution in [0.2, 0.25) is 0 Å². The number of nitrogens with zero attached hydrogens (tertiary/aromatic N) is 2. The van der Waals surface area contributed by atoms with Gasteiger partial charge in [0.15, 0.2) is 0 Å². The summed E-state index contributed by atoms with van der Waals surface area (Å²) in [5.41, 5.74) is 4.81. The standard InChI is InChI=1S/C18H19N3S/c1-14-2-4-16(5-3-14)17-13-22-18(21-17)8-11-20-12-15-6-9-19-10-7-15/h2-7,9-10,13,20H,8,11-12H2,1H3. The summed E-state index contributed by atoms with van der Waals surface area (Å²) in [6.07, 6.45) is 4.61. The zero-order chi connectivity index (χ0) is 15.2. The third kappa shape index (κ3) is 4.00. The monoisotopic (exact) mass is 309 g/mol. The number of aryl methyl sites for hydroxylation is 1. The third-order valence-corrected chi connectivity index (χ3v) is 4.40. The second-order valence-corrected chi connectivity index (χ2v) is 6.22. The van der Waals surface area contributed by atoms with Crippen LogP contribution in [-0.2, 0) is 13.0 Å². The first-order valence-corrected chi connectivity index (χ1v) is 8.30. The molecule has 0 fully saturated rings. The van der Waals surface area contributed by atoms with Gasteiger partial charge < -0.3 is 5.32 Å². The zero-order valence-corrected chi connectivity index (χ0v) is 13.4. The largest absolute Gasteiger partial charge is 0.312 e. The van der Waals surface area contributed by atoms with Crippen LogP contribution in [0.5, 0.6) is 0 Å². The fourth-order valence-electron chi connectivity index (χ4n) is 2.21. The van der Waals surface area contributed by atoms with Gasteiger partial charge in [0.05, 0.1) is 10.7 Å². The Morgan fingerprint density at radius 2 is 1.82 bits per heavy atom. The topological polar surface area (TPSA) is 37.8 Å². The minimum Gasteiger partial charge on any atom is -0.312 e. The van der Waals surface area contributed by atoms with Crippen LogP contribution in [0, 0.1) is 6.92 Å². The van der Waals surface area contributed by atoms with E-state index in [-0.39, 0.29) is 0 Å². The molecule has 22 heavy (non-hydrogen) atoms. The first-order valence-electron chi connectivity index (χ1n) is 7.42. The molecule has 1 aromatic carbocycles. The van der Waals surface area contributed by atoms with Crippen LogP contribution >= 0.6 is 11.3 Å². The maximum atomic E-state index is 4.72. The highest BCUT2D eigenvalue weighted by atomic mass is 32.1. The fraction of sp³-hybridized carbons (Fsp3) is 0.222. The Balaban J connectivity index is 1.50. The third-order valence-electron chi connectivity index (χ3n) is 3.49. The molecule has 0 spiro atoms. The van der Waals surface area contributed by atoms with Crippen LogP contribution in [0.4, 0.5) is 0 Å². The minimum atomic E-state index is 0.874. The van der Waals surface area contributed by atoms with Crippen molar-refractivity contribution in [2.24, 2.45) is 0 Å². The molecule has 0 radical (unpaired) electrons. The second-order valence-electron chi connectivity index (χ2n) is 5.27. The van der Waals surface area contributed by atoms with E-state index in [9.17, 15) is 0 Å². The van der Waals surface area contributed by atoms with Crippen LogP contribution in [-0.4, -0.2) is 16.5 Å². The second kappa shape index (κ2) is 7.29. The van der Waals surface area contributed by atoms with Crippen molar-refractivity contribution in [1.82, 2.24) is 15.3 Å². The predicted octanol–water partition coefficient (Wildman–Crippen LogP) is 3.85. The van der Waals surface area contributed by atoms with Gasteiger partial charge in [-0.2, -0.15) is 0 Å². The molecule has 0 amide bonds. The lowest BCUT2D eigenvalue weighted by atomic mass is 10.1. The van der Waals surface area contributed by atoms with Crippen molar-refractivity contribution in [2.75, 3.05) is 6.54 Å². The Labute approximate surface area is 135 Å². The van der Waals surface area contributed by atoms with Crippen LogP contribution in [0.3, 0.4) is 0 Å². The van der Waals surface area contributed by atoms with Crippen LogP contribution in [0.15, 0.2) is 54.2 Å². The maximum absolute atomic E-state index is 4.72. The Bertz CT molecular complexity index is 705. The Morgan fingerprint density at radius 3 is 2.59 bits per heavy atom. The average Bonchev–Trinajstić information content (AvgIpc) is 3.02. The van der Waals surface area contributed by atoms with Gasteiger partial charge in [-0.15, -0.1) is 11.3 Å². The van der Waals surface area contributed by atoms with Crippen molar-refractivity contribution in [2.45, 2.75) is 19.9 Å². The summed E-state index contributed by atoms with van der Waals surface area (Å²) in [5.74, 6) is 0. The molecule has 0 aliphatic rings. The molecule has 1 N–H and O–H groups in total. The van der Waals surface area contributed by atoms with Crippen molar-refractivity contribution in [3.05, 3.63) is 70.3 Å². The number of pyridine rings is 1. The van der Waals surface area contributed by atoms with Crippen molar-refractivity contribution < 1.29 is 0 Å². The molecular formula is C18H19N3S. The number of aromatic nitrogens is 2. The van der Waals surface area contributed by atoms with E-state index >= 15 is 0 Å². The number of nitrogens with one attached hydrogen (secondary N) is 1. The molecule has 3 rings (SSSR count). The summed E-state index contributed by atoms with van der Waals surface area (Å²) >= 11 is 1.73. The summed E-state index contributed by atoms with van der Waals surface area (Å²) in [7, 11) is 0. The van der Waals surface area contributed by atoms with Gasteiger partial charge in [0.2, 0.25) is 0 Å². The quantitative estimate of drug-likeness (QED) is 0.703. The summed E-state index contributed by atoms with van der Waals surface area (Å²) in [6, 6.07) is 12.6. The van der Waals surface area contributed by atoms with Gasteiger partial charge in [0.1, 0.15) is 0 Å².